The third-order valence-corrected chi connectivity index (χ3v) is 2.89. The van der Waals surface area contributed by atoms with Gasteiger partial charge in [0.2, 0.25) is 5.91 Å². The van der Waals surface area contributed by atoms with Gasteiger partial charge in [-0.05, 0) is 19.3 Å². The topological polar surface area (TPSA) is 57.8 Å². The number of amides is 1. The van der Waals surface area contributed by atoms with Crippen molar-refractivity contribution < 1.29 is 4.79 Å². The van der Waals surface area contributed by atoms with Crippen LogP contribution in [0.4, 0.5) is 0 Å². The molecule has 1 unspecified atom stereocenters. The van der Waals surface area contributed by atoms with Crippen LogP contribution in [0.5, 0.6) is 0 Å². The number of allylic oxidation sites excluding steroid dienone is 2. The lowest BCUT2D eigenvalue weighted by molar-refractivity contribution is -0.125. The van der Waals surface area contributed by atoms with Gasteiger partial charge in [0.25, 0.3) is 0 Å². The molecule has 1 amide bonds. The van der Waals surface area contributed by atoms with Crippen molar-refractivity contribution in [3.63, 3.8) is 0 Å². The molecule has 0 saturated heterocycles. The first-order valence-electron chi connectivity index (χ1n) is 5.76. The molecule has 0 aliphatic heterocycles. The Kier molecular flexibility index (Phi) is 3.75. The molecule has 16 heavy (non-hydrogen) atoms. The predicted molar refractivity (Wildman–Crippen MR) is 61.8 cm³/mol. The van der Waals surface area contributed by atoms with Crippen LogP contribution in [-0.4, -0.2) is 22.4 Å². The molecule has 1 aliphatic rings. The van der Waals surface area contributed by atoms with E-state index in [1.54, 1.807) is 12.5 Å². The fourth-order valence-electron chi connectivity index (χ4n) is 1.92. The third-order valence-electron chi connectivity index (χ3n) is 2.89. The van der Waals surface area contributed by atoms with Gasteiger partial charge in [0.15, 0.2) is 0 Å². The first-order valence-corrected chi connectivity index (χ1v) is 5.76. The molecule has 0 fully saturated rings. The summed E-state index contributed by atoms with van der Waals surface area (Å²) in [6.45, 7) is 0.682. The molecule has 0 spiro atoms. The first kappa shape index (κ1) is 10.9. The quantitative estimate of drug-likeness (QED) is 0.752. The van der Waals surface area contributed by atoms with Crippen molar-refractivity contribution in [3.8, 4) is 0 Å². The third kappa shape index (κ3) is 2.95. The summed E-state index contributed by atoms with van der Waals surface area (Å²) in [7, 11) is 0. The van der Waals surface area contributed by atoms with Crippen molar-refractivity contribution in [1.82, 2.24) is 15.3 Å². The minimum Gasteiger partial charge on any atom is -0.355 e. The molecule has 2 rings (SSSR count). The average Bonchev–Trinajstić information content (AvgIpc) is 2.83. The van der Waals surface area contributed by atoms with Gasteiger partial charge in [-0.15, -0.1) is 0 Å². The highest BCUT2D eigenvalue weighted by molar-refractivity contribution is 5.78. The zero-order chi connectivity index (χ0) is 11.2. The molecular formula is C12H17N3O. The van der Waals surface area contributed by atoms with Crippen LogP contribution in [-0.2, 0) is 11.2 Å². The zero-order valence-corrected chi connectivity index (χ0v) is 9.28. The van der Waals surface area contributed by atoms with Crippen molar-refractivity contribution in [2.24, 2.45) is 5.92 Å². The van der Waals surface area contributed by atoms with Crippen LogP contribution in [0.15, 0.2) is 24.7 Å². The van der Waals surface area contributed by atoms with Crippen molar-refractivity contribution >= 4 is 5.91 Å². The minimum absolute atomic E-state index is 0.173. The molecule has 1 aromatic rings. The zero-order valence-electron chi connectivity index (χ0n) is 9.28. The summed E-state index contributed by atoms with van der Waals surface area (Å²) in [5, 5.41) is 2.97. The van der Waals surface area contributed by atoms with E-state index in [2.05, 4.69) is 27.4 Å². The van der Waals surface area contributed by atoms with Crippen LogP contribution in [0.1, 0.15) is 25.0 Å². The Morgan fingerprint density at radius 3 is 3.19 bits per heavy atom. The van der Waals surface area contributed by atoms with E-state index >= 15 is 0 Å². The summed E-state index contributed by atoms with van der Waals surface area (Å²) < 4.78 is 0. The van der Waals surface area contributed by atoms with E-state index in [1.807, 2.05) is 0 Å². The van der Waals surface area contributed by atoms with Crippen LogP contribution in [0.3, 0.4) is 0 Å². The van der Waals surface area contributed by atoms with E-state index in [-0.39, 0.29) is 11.8 Å². The van der Waals surface area contributed by atoms with Gasteiger partial charge in [-0.1, -0.05) is 12.2 Å². The number of imidazole rings is 1. The SMILES string of the molecule is O=C(NCCc1cnc[nH]1)C1CC=CCC1. The molecule has 1 aromatic heterocycles. The lowest BCUT2D eigenvalue weighted by Crippen LogP contribution is -2.32. The van der Waals surface area contributed by atoms with E-state index in [1.165, 1.54) is 0 Å². The number of H-pyrrole nitrogens is 1. The van der Waals surface area contributed by atoms with E-state index in [4.69, 9.17) is 0 Å². The molecule has 0 radical (unpaired) electrons. The standard InChI is InChI=1S/C12H17N3O/c16-12(10-4-2-1-3-5-10)14-7-6-11-8-13-9-15-11/h1-2,8-10H,3-7H2,(H,13,15)(H,14,16). The molecule has 1 atom stereocenters. The van der Waals surface area contributed by atoms with Gasteiger partial charge in [0.05, 0.1) is 6.33 Å². The summed E-state index contributed by atoms with van der Waals surface area (Å²) in [5.74, 6) is 0.357. The van der Waals surface area contributed by atoms with Gasteiger partial charge in [-0.2, -0.15) is 0 Å². The Hall–Kier alpha value is -1.58. The lowest BCUT2D eigenvalue weighted by atomic mass is 9.94. The smallest absolute Gasteiger partial charge is 0.223 e. The van der Waals surface area contributed by atoms with Crippen LogP contribution in [0, 0.1) is 5.92 Å². The van der Waals surface area contributed by atoms with Gasteiger partial charge < -0.3 is 10.3 Å². The maximum atomic E-state index is 11.8. The maximum absolute atomic E-state index is 11.8. The molecule has 4 nitrogen and oxygen atoms in total. The number of hydrogen-bond donors (Lipinski definition) is 2. The van der Waals surface area contributed by atoms with Gasteiger partial charge in [0.1, 0.15) is 0 Å². The molecule has 2 N–H and O–H groups in total. The highest BCUT2D eigenvalue weighted by Gasteiger charge is 2.17. The molecule has 0 aromatic carbocycles. The highest BCUT2D eigenvalue weighted by atomic mass is 16.1. The summed E-state index contributed by atoms with van der Waals surface area (Å²) >= 11 is 0. The van der Waals surface area contributed by atoms with E-state index in [9.17, 15) is 4.79 Å². The maximum Gasteiger partial charge on any atom is 0.223 e. The molecule has 0 saturated carbocycles. The fraction of sp³-hybridized carbons (Fsp3) is 0.500. The summed E-state index contributed by atoms with van der Waals surface area (Å²) in [6, 6.07) is 0. The second-order valence-corrected chi connectivity index (χ2v) is 4.10. The van der Waals surface area contributed by atoms with Crippen LogP contribution in [0.25, 0.3) is 0 Å². The van der Waals surface area contributed by atoms with Gasteiger partial charge in [0, 0.05) is 30.8 Å². The second-order valence-electron chi connectivity index (χ2n) is 4.10. The van der Waals surface area contributed by atoms with Crippen molar-refractivity contribution in [1.29, 1.82) is 0 Å². The van der Waals surface area contributed by atoms with E-state index in [0.29, 0.717) is 6.54 Å². The summed E-state index contributed by atoms with van der Waals surface area (Å²) in [4.78, 5) is 18.7. The Balaban J connectivity index is 1.69. The molecule has 86 valence electrons. The van der Waals surface area contributed by atoms with E-state index < -0.39 is 0 Å². The molecular weight excluding hydrogens is 202 g/mol. The lowest BCUT2D eigenvalue weighted by Gasteiger charge is -2.16. The van der Waals surface area contributed by atoms with Crippen molar-refractivity contribution in [2.45, 2.75) is 25.7 Å². The number of carbonyl (C=O) groups excluding carboxylic acids is 1. The number of aromatic amines is 1. The van der Waals surface area contributed by atoms with Gasteiger partial charge in [-0.25, -0.2) is 4.98 Å². The summed E-state index contributed by atoms with van der Waals surface area (Å²) in [5.41, 5.74) is 1.06. The average molecular weight is 219 g/mol. The second kappa shape index (κ2) is 5.49. The predicted octanol–water partition coefficient (Wildman–Crippen LogP) is 1.42. The normalized spacial score (nSPS) is 19.6. The largest absolute Gasteiger partial charge is 0.355 e. The van der Waals surface area contributed by atoms with E-state index in [0.717, 1.165) is 31.4 Å². The van der Waals surface area contributed by atoms with Crippen LogP contribution >= 0.6 is 0 Å². The Morgan fingerprint density at radius 2 is 2.50 bits per heavy atom. The first-order chi connectivity index (χ1) is 7.86. The fourth-order valence-corrected chi connectivity index (χ4v) is 1.92. The number of nitrogens with zero attached hydrogens (tertiary/aromatic N) is 1. The number of hydrogen-bond acceptors (Lipinski definition) is 2. The molecule has 1 aliphatic carbocycles. The summed E-state index contributed by atoms with van der Waals surface area (Å²) in [6.07, 6.45) is 11.4. The number of aromatic nitrogens is 2. The molecule has 1 heterocycles. The number of carbonyl (C=O) groups is 1. The van der Waals surface area contributed by atoms with Crippen LogP contribution in [0.2, 0.25) is 0 Å². The Morgan fingerprint density at radius 1 is 1.56 bits per heavy atom. The number of rotatable bonds is 4. The minimum atomic E-state index is 0.173. The van der Waals surface area contributed by atoms with Gasteiger partial charge >= 0.3 is 0 Å². The Labute approximate surface area is 95.2 Å². The highest BCUT2D eigenvalue weighted by Crippen LogP contribution is 2.17. The molecule has 0 bridgehead atoms. The Bertz CT molecular complexity index is 356. The van der Waals surface area contributed by atoms with Crippen molar-refractivity contribution in [2.75, 3.05) is 6.54 Å². The van der Waals surface area contributed by atoms with Gasteiger partial charge in [-0.3, -0.25) is 4.79 Å². The van der Waals surface area contributed by atoms with Crippen LogP contribution < -0.4 is 5.32 Å². The monoisotopic (exact) mass is 219 g/mol. The number of nitrogens with one attached hydrogen (secondary N) is 2. The van der Waals surface area contributed by atoms with Crippen molar-refractivity contribution in [3.05, 3.63) is 30.4 Å². The molecule has 4 heteroatoms.